The molecule has 0 amide bonds. The predicted octanol–water partition coefficient (Wildman–Crippen LogP) is 3.48. The zero-order valence-electron chi connectivity index (χ0n) is 7.43. The summed E-state index contributed by atoms with van der Waals surface area (Å²) in [6, 6.07) is 0. The number of allylic oxidation sites excluding steroid dienone is 5. The molecule has 0 radical (unpaired) electrons. The van der Waals surface area contributed by atoms with Crippen molar-refractivity contribution in [2.75, 3.05) is 0 Å². The highest BCUT2D eigenvalue weighted by molar-refractivity contribution is 5.33. The second-order valence-corrected chi connectivity index (χ2v) is 3.57. The minimum atomic E-state index is 0.761. The third-order valence-electron chi connectivity index (χ3n) is 1.80. The van der Waals surface area contributed by atoms with Crippen LogP contribution in [0.2, 0.25) is 0 Å². The molecule has 0 aromatic heterocycles. The van der Waals surface area contributed by atoms with Crippen LogP contribution in [0.15, 0.2) is 36.0 Å². The fraction of sp³-hybridized carbons (Fsp3) is 0.455. The molecule has 0 aromatic rings. The molecule has 1 rings (SSSR count). The molecule has 0 saturated carbocycles. The Balaban J connectivity index is 2.50. The first-order valence-corrected chi connectivity index (χ1v) is 4.23. The molecule has 0 heteroatoms. The van der Waals surface area contributed by atoms with Gasteiger partial charge >= 0.3 is 0 Å². The Kier molecular flexibility index (Phi) is 2.70. The zero-order chi connectivity index (χ0) is 8.27. The van der Waals surface area contributed by atoms with E-state index in [1.807, 2.05) is 0 Å². The van der Waals surface area contributed by atoms with Crippen molar-refractivity contribution in [3.8, 4) is 0 Å². The summed E-state index contributed by atoms with van der Waals surface area (Å²) in [4.78, 5) is 0. The lowest BCUT2D eigenvalue weighted by Gasteiger charge is -2.10. The first kappa shape index (κ1) is 8.32. The number of hydrogen-bond donors (Lipinski definition) is 0. The Morgan fingerprint density at radius 3 is 2.64 bits per heavy atom. The van der Waals surface area contributed by atoms with Crippen LogP contribution in [0, 0.1) is 5.92 Å². The lowest BCUT2D eigenvalue weighted by molar-refractivity contribution is 0.648. The van der Waals surface area contributed by atoms with Gasteiger partial charge in [0.25, 0.3) is 0 Å². The van der Waals surface area contributed by atoms with E-state index in [0.29, 0.717) is 0 Å². The SMILES string of the molecule is C=C1C=CC(CC(C)C)=CC1. The van der Waals surface area contributed by atoms with Crippen molar-refractivity contribution < 1.29 is 0 Å². The van der Waals surface area contributed by atoms with Crippen molar-refractivity contribution in [1.29, 1.82) is 0 Å². The summed E-state index contributed by atoms with van der Waals surface area (Å²) in [5.41, 5.74) is 2.69. The van der Waals surface area contributed by atoms with Crippen LogP contribution in [0.3, 0.4) is 0 Å². The molecule has 0 spiro atoms. The van der Waals surface area contributed by atoms with E-state index >= 15 is 0 Å². The Morgan fingerprint density at radius 1 is 1.45 bits per heavy atom. The molecule has 0 nitrogen and oxygen atoms in total. The minimum absolute atomic E-state index is 0.761. The molecule has 0 heterocycles. The highest BCUT2D eigenvalue weighted by atomic mass is 14.1. The average molecular weight is 148 g/mol. The summed E-state index contributed by atoms with van der Waals surface area (Å²) < 4.78 is 0. The maximum absolute atomic E-state index is 3.90. The molecule has 11 heavy (non-hydrogen) atoms. The number of rotatable bonds is 2. The second kappa shape index (κ2) is 3.56. The van der Waals surface area contributed by atoms with Crippen LogP contribution in [0.4, 0.5) is 0 Å². The van der Waals surface area contributed by atoms with Gasteiger partial charge in [-0.2, -0.15) is 0 Å². The van der Waals surface area contributed by atoms with E-state index in [0.717, 1.165) is 12.3 Å². The Bertz CT molecular complexity index is 204. The number of hydrogen-bond acceptors (Lipinski definition) is 0. The predicted molar refractivity (Wildman–Crippen MR) is 50.4 cm³/mol. The van der Waals surface area contributed by atoms with Crippen LogP contribution in [0.1, 0.15) is 26.7 Å². The molecule has 1 aliphatic rings. The Hall–Kier alpha value is -0.780. The maximum atomic E-state index is 3.90. The molecular weight excluding hydrogens is 132 g/mol. The molecule has 0 unspecified atom stereocenters. The maximum Gasteiger partial charge on any atom is -0.00975 e. The van der Waals surface area contributed by atoms with Gasteiger partial charge in [-0.15, -0.1) is 0 Å². The summed E-state index contributed by atoms with van der Waals surface area (Å²) >= 11 is 0. The van der Waals surface area contributed by atoms with Gasteiger partial charge in [-0.05, 0) is 18.8 Å². The standard InChI is InChI=1S/C11H16/c1-9(2)8-11-6-4-10(3)5-7-11/h4,6-7,9H,3,5,8H2,1-2H3. The van der Waals surface area contributed by atoms with Crippen molar-refractivity contribution in [1.82, 2.24) is 0 Å². The molecule has 0 aliphatic heterocycles. The van der Waals surface area contributed by atoms with Crippen molar-refractivity contribution in [2.24, 2.45) is 5.92 Å². The van der Waals surface area contributed by atoms with E-state index in [1.54, 1.807) is 0 Å². The normalized spacial score (nSPS) is 17.4. The van der Waals surface area contributed by atoms with Crippen molar-refractivity contribution >= 4 is 0 Å². The third kappa shape index (κ3) is 2.75. The van der Waals surface area contributed by atoms with Crippen LogP contribution in [0.5, 0.6) is 0 Å². The van der Waals surface area contributed by atoms with Gasteiger partial charge < -0.3 is 0 Å². The van der Waals surface area contributed by atoms with Crippen LogP contribution in [0.25, 0.3) is 0 Å². The highest BCUT2D eigenvalue weighted by Crippen LogP contribution is 2.19. The van der Waals surface area contributed by atoms with E-state index in [-0.39, 0.29) is 0 Å². The van der Waals surface area contributed by atoms with E-state index < -0.39 is 0 Å². The van der Waals surface area contributed by atoms with Crippen LogP contribution in [-0.4, -0.2) is 0 Å². The van der Waals surface area contributed by atoms with Crippen molar-refractivity contribution in [3.05, 3.63) is 36.0 Å². The van der Waals surface area contributed by atoms with E-state index in [4.69, 9.17) is 0 Å². The van der Waals surface area contributed by atoms with Gasteiger partial charge in [0.2, 0.25) is 0 Å². The summed E-state index contributed by atoms with van der Waals surface area (Å²) in [5, 5.41) is 0. The van der Waals surface area contributed by atoms with Crippen LogP contribution < -0.4 is 0 Å². The zero-order valence-corrected chi connectivity index (χ0v) is 7.43. The first-order valence-electron chi connectivity index (χ1n) is 4.23. The smallest absolute Gasteiger partial charge is 0.00975 e. The van der Waals surface area contributed by atoms with Gasteiger partial charge in [0, 0.05) is 0 Å². The summed E-state index contributed by atoms with van der Waals surface area (Å²) in [6.07, 6.45) is 8.83. The van der Waals surface area contributed by atoms with Gasteiger partial charge in [0.1, 0.15) is 0 Å². The molecule has 1 aliphatic carbocycles. The second-order valence-electron chi connectivity index (χ2n) is 3.57. The third-order valence-corrected chi connectivity index (χ3v) is 1.80. The fourth-order valence-electron chi connectivity index (χ4n) is 1.25. The van der Waals surface area contributed by atoms with Gasteiger partial charge in [0.05, 0.1) is 0 Å². The van der Waals surface area contributed by atoms with E-state index in [9.17, 15) is 0 Å². The largest absolute Gasteiger partial charge is 0.0955 e. The minimum Gasteiger partial charge on any atom is -0.0955 e. The summed E-state index contributed by atoms with van der Waals surface area (Å²) in [7, 11) is 0. The molecule has 0 bridgehead atoms. The van der Waals surface area contributed by atoms with E-state index in [2.05, 4.69) is 38.7 Å². The molecular formula is C11H16. The summed E-state index contributed by atoms with van der Waals surface area (Å²) in [5.74, 6) is 0.761. The van der Waals surface area contributed by atoms with Crippen LogP contribution >= 0.6 is 0 Å². The lowest BCUT2D eigenvalue weighted by atomic mass is 9.96. The molecule has 0 aromatic carbocycles. The van der Waals surface area contributed by atoms with Crippen LogP contribution in [-0.2, 0) is 0 Å². The highest BCUT2D eigenvalue weighted by Gasteiger charge is 2.01. The van der Waals surface area contributed by atoms with Gasteiger partial charge in [-0.1, -0.05) is 49.8 Å². The molecule has 0 N–H and O–H groups in total. The first-order chi connectivity index (χ1) is 5.18. The topological polar surface area (TPSA) is 0 Å². The fourth-order valence-corrected chi connectivity index (χ4v) is 1.25. The molecule has 60 valence electrons. The van der Waals surface area contributed by atoms with Gasteiger partial charge in [-0.25, -0.2) is 0 Å². The molecule has 0 fully saturated rings. The monoisotopic (exact) mass is 148 g/mol. The Labute approximate surface area is 69.3 Å². The molecule has 0 saturated heterocycles. The lowest BCUT2D eigenvalue weighted by Crippen LogP contribution is -1.92. The quantitative estimate of drug-likeness (QED) is 0.562. The van der Waals surface area contributed by atoms with Gasteiger partial charge in [-0.3, -0.25) is 0 Å². The van der Waals surface area contributed by atoms with E-state index in [1.165, 1.54) is 17.6 Å². The van der Waals surface area contributed by atoms with Crippen molar-refractivity contribution in [3.63, 3.8) is 0 Å². The van der Waals surface area contributed by atoms with Gasteiger partial charge in [0.15, 0.2) is 0 Å². The Morgan fingerprint density at radius 2 is 2.18 bits per heavy atom. The average Bonchev–Trinajstić information content (AvgIpc) is 1.93. The van der Waals surface area contributed by atoms with Crippen molar-refractivity contribution in [2.45, 2.75) is 26.7 Å². The summed E-state index contributed by atoms with van der Waals surface area (Å²) in [6.45, 7) is 8.39. The molecule has 0 atom stereocenters.